The standard InChI is InChI=1S/C20H23NO/c1-2-6-16(7-3-1)14-21-12-10-18-17(15-21)11-13-22-20-9-5-4-8-19(18)20/h1-9,17-18H,10-15H2. The van der Waals surface area contributed by atoms with Crippen molar-refractivity contribution in [2.75, 3.05) is 19.7 Å². The van der Waals surface area contributed by atoms with Gasteiger partial charge in [0.1, 0.15) is 5.75 Å². The molecule has 1 saturated heterocycles. The highest BCUT2D eigenvalue weighted by atomic mass is 16.5. The van der Waals surface area contributed by atoms with Crippen LogP contribution in [0, 0.1) is 5.92 Å². The Morgan fingerprint density at radius 3 is 2.68 bits per heavy atom. The van der Waals surface area contributed by atoms with E-state index in [1.807, 2.05) is 0 Å². The van der Waals surface area contributed by atoms with E-state index in [0.29, 0.717) is 5.92 Å². The zero-order valence-corrected chi connectivity index (χ0v) is 12.9. The van der Waals surface area contributed by atoms with E-state index < -0.39 is 0 Å². The number of rotatable bonds is 2. The molecule has 0 aromatic heterocycles. The van der Waals surface area contributed by atoms with Crippen LogP contribution in [-0.2, 0) is 6.54 Å². The van der Waals surface area contributed by atoms with Crippen LogP contribution >= 0.6 is 0 Å². The van der Waals surface area contributed by atoms with Gasteiger partial charge in [-0.2, -0.15) is 0 Å². The fourth-order valence-electron chi connectivity index (χ4n) is 4.03. The fraction of sp³-hybridized carbons (Fsp3) is 0.400. The van der Waals surface area contributed by atoms with Crippen LogP contribution in [0.2, 0.25) is 0 Å². The second-order valence-electron chi connectivity index (χ2n) is 6.55. The van der Waals surface area contributed by atoms with Gasteiger partial charge in [-0.25, -0.2) is 0 Å². The van der Waals surface area contributed by atoms with Crippen molar-refractivity contribution in [2.24, 2.45) is 5.92 Å². The van der Waals surface area contributed by atoms with Crippen molar-refractivity contribution in [1.82, 2.24) is 4.90 Å². The summed E-state index contributed by atoms with van der Waals surface area (Å²) >= 11 is 0. The number of benzene rings is 2. The molecule has 0 spiro atoms. The molecular formula is C20H23NO. The van der Waals surface area contributed by atoms with E-state index in [2.05, 4.69) is 59.5 Å². The van der Waals surface area contributed by atoms with Crippen molar-refractivity contribution in [3.63, 3.8) is 0 Å². The molecule has 2 heteroatoms. The van der Waals surface area contributed by atoms with Crippen LogP contribution in [0.15, 0.2) is 54.6 Å². The van der Waals surface area contributed by atoms with Crippen LogP contribution in [0.3, 0.4) is 0 Å². The van der Waals surface area contributed by atoms with Gasteiger partial charge in [0.05, 0.1) is 6.61 Å². The van der Waals surface area contributed by atoms with Gasteiger partial charge in [0.25, 0.3) is 0 Å². The molecule has 0 amide bonds. The zero-order chi connectivity index (χ0) is 14.8. The third-order valence-corrected chi connectivity index (χ3v) is 5.13. The van der Waals surface area contributed by atoms with Crippen LogP contribution in [0.4, 0.5) is 0 Å². The summed E-state index contributed by atoms with van der Waals surface area (Å²) in [5, 5.41) is 0. The maximum Gasteiger partial charge on any atom is 0.122 e. The molecule has 2 unspecified atom stereocenters. The molecule has 2 aromatic rings. The predicted octanol–water partition coefficient (Wildman–Crippen LogP) is 4.07. The molecule has 2 aromatic carbocycles. The average molecular weight is 293 g/mol. The molecule has 0 saturated carbocycles. The van der Waals surface area contributed by atoms with E-state index >= 15 is 0 Å². The summed E-state index contributed by atoms with van der Waals surface area (Å²) in [5.74, 6) is 2.51. The van der Waals surface area contributed by atoms with E-state index in [0.717, 1.165) is 24.8 Å². The van der Waals surface area contributed by atoms with Gasteiger partial charge in [-0.1, -0.05) is 48.5 Å². The Morgan fingerprint density at radius 1 is 0.955 bits per heavy atom. The van der Waals surface area contributed by atoms with Crippen molar-refractivity contribution in [2.45, 2.75) is 25.3 Å². The monoisotopic (exact) mass is 293 g/mol. The largest absolute Gasteiger partial charge is 0.493 e. The first-order chi connectivity index (χ1) is 10.9. The number of para-hydroxylation sites is 1. The summed E-state index contributed by atoms with van der Waals surface area (Å²) in [6.45, 7) is 4.31. The zero-order valence-electron chi connectivity index (χ0n) is 12.9. The SMILES string of the molecule is c1ccc(CN2CCC3c4ccccc4OCCC3C2)cc1. The van der Waals surface area contributed by atoms with Crippen LogP contribution in [0.25, 0.3) is 0 Å². The normalized spacial score (nSPS) is 24.7. The number of fused-ring (bicyclic) bond motifs is 3. The summed E-state index contributed by atoms with van der Waals surface area (Å²) in [5.41, 5.74) is 2.86. The first-order valence-electron chi connectivity index (χ1n) is 8.38. The van der Waals surface area contributed by atoms with Crippen molar-refractivity contribution >= 4 is 0 Å². The molecule has 0 aliphatic carbocycles. The lowest BCUT2D eigenvalue weighted by Gasteiger charge is -2.38. The quantitative estimate of drug-likeness (QED) is 0.827. The highest BCUT2D eigenvalue weighted by Gasteiger charge is 2.33. The third kappa shape index (κ3) is 2.76. The lowest BCUT2D eigenvalue weighted by molar-refractivity contribution is 0.137. The number of piperidine rings is 1. The molecule has 2 nitrogen and oxygen atoms in total. The molecule has 2 atom stereocenters. The molecule has 114 valence electrons. The van der Waals surface area contributed by atoms with E-state index in [1.54, 1.807) is 0 Å². The minimum Gasteiger partial charge on any atom is -0.493 e. The molecule has 2 aliphatic heterocycles. The minimum absolute atomic E-state index is 0.672. The molecule has 4 rings (SSSR count). The first-order valence-corrected chi connectivity index (χ1v) is 8.38. The number of nitrogens with zero attached hydrogens (tertiary/aromatic N) is 1. The predicted molar refractivity (Wildman–Crippen MR) is 89.1 cm³/mol. The van der Waals surface area contributed by atoms with E-state index in [1.165, 1.54) is 37.1 Å². The van der Waals surface area contributed by atoms with Crippen LogP contribution < -0.4 is 4.74 Å². The highest BCUT2D eigenvalue weighted by Crippen LogP contribution is 2.41. The highest BCUT2D eigenvalue weighted by molar-refractivity contribution is 5.38. The molecule has 22 heavy (non-hydrogen) atoms. The van der Waals surface area contributed by atoms with Gasteiger partial charge in [0.15, 0.2) is 0 Å². The smallest absolute Gasteiger partial charge is 0.122 e. The van der Waals surface area contributed by atoms with Gasteiger partial charge in [0, 0.05) is 13.1 Å². The van der Waals surface area contributed by atoms with Crippen molar-refractivity contribution in [3.05, 3.63) is 65.7 Å². The van der Waals surface area contributed by atoms with Crippen molar-refractivity contribution in [3.8, 4) is 5.75 Å². The second kappa shape index (κ2) is 6.13. The van der Waals surface area contributed by atoms with Crippen molar-refractivity contribution in [1.29, 1.82) is 0 Å². The lowest BCUT2D eigenvalue weighted by atomic mass is 9.79. The summed E-state index contributed by atoms with van der Waals surface area (Å²) in [4.78, 5) is 2.62. The van der Waals surface area contributed by atoms with Gasteiger partial charge in [-0.05, 0) is 48.4 Å². The molecule has 2 heterocycles. The van der Waals surface area contributed by atoms with Gasteiger partial charge in [0.2, 0.25) is 0 Å². The molecular weight excluding hydrogens is 270 g/mol. The maximum atomic E-state index is 5.98. The Labute approximate surface area is 132 Å². The Balaban J connectivity index is 1.50. The molecule has 1 fully saturated rings. The lowest BCUT2D eigenvalue weighted by Crippen LogP contribution is -2.39. The minimum atomic E-state index is 0.672. The van der Waals surface area contributed by atoms with Gasteiger partial charge in [-0.3, -0.25) is 4.90 Å². The van der Waals surface area contributed by atoms with Gasteiger partial charge >= 0.3 is 0 Å². The first kappa shape index (κ1) is 13.8. The van der Waals surface area contributed by atoms with Crippen LogP contribution in [0.5, 0.6) is 5.75 Å². The third-order valence-electron chi connectivity index (χ3n) is 5.13. The summed E-state index contributed by atoms with van der Waals surface area (Å²) in [6.07, 6.45) is 2.42. The second-order valence-corrected chi connectivity index (χ2v) is 6.55. The summed E-state index contributed by atoms with van der Waals surface area (Å²) in [6, 6.07) is 19.5. The molecule has 0 N–H and O–H groups in total. The topological polar surface area (TPSA) is 12.5 Å². The summed E-state index contributed by atoms with van der Waals surface area (Å²) < 4.78 is 5.98. The number of hydrogen-bond donors (Lipinski definition) is 0. The number of likely N-dealkylation sites (tertiary alicyclic amines) is 1. The Bertz CT molecular complexity index is 625. The molecule has 2 aliphatic rings. The van der Waals surface area contributed by atoms with Crippen LogP contribution in [0.1, 0.15) is 29.9 Å². The average Bonchev–Trinajstić information content (AvgIpc) is 2.75. The van der Waals surface area contributed by atoms with Gasteiger partial charge in [-0.15, -0.1) is 0 Å². The molecule has 0 bridgehead atoms. The van der Waals surface area contributed by atoms with E-state index in [4.69, 9.17) is 4.74 Å². The van der Waals surface area contributed by atoms with E-state index in [9.17, 15) is 0 Å². The maximum absolute atomic E-state index is 5.98. The summed E-state index contributed by atoms with van der Waals surface area (Å²) in [7, 11) is 0. The van der Waals surface area contributed by atoms with Crippen molar-refractivity contribution < 1.29 is 4.74 Å². The number of hydrogen-bond acceptors (Lipinski definition) is 2. The Morgan fingerprint density at radius 2 is 1.77 bits per heavy atom. The Hall–Kier alpha value is -1.80. The van der Waals surface area contributed by atoms with E-state index in [-0.39, 0.29) is 0 Å². The number of ether oxygens (including phenoxy) is 1. The molecule has 0 radical (unpaired) electrons. The Kier molecular flexibility index (Phi) is 3.86. The van der Waals surface area contributed by atoms with Crippen LogP contribution in [-0.4, -0.2) is 24.6 Å². The fourth-order valence-corrected chi connectivity index (χ4v) is 4.03. The van der Waals surface area contributed by atoms with Gasteiger partial charge < -0.3 is 4.74 Å².